The Balaban J connectivity index is 1.66. The molecule has 0 aromatic heterocycles. The zero-order valence-electron chi connectivity index (χ0n) is 17.2. The van der Waals surface area contributed by atoms with Gasteiger partial charge in [0.25, 0.3) is 0 Å². The molecule has 0 bridgehead atoms. The summed E-state index contributed by atoms with van der Waals surface area (Å²) in [6.45, 7) is 3.34. The molecule has 0 saturated carbocycles. The summed E-state index contributed by atoms with van der Waals surface area (Å²) in [6.07, 6.45) is 0. The van der Waals surface area contributed by atoms with Crippen molar-refractivity contribution in [1.29, 1.82) is 0 Å². The summed E-state index contributed by atoms with van der Waals surface area (Å²) < 4.78 is 21.7. The first kappa shape index (κ1) is 20.9. The van der Waals surface area contributed by atoms with Gasteiger partial charge in [0.1, 0.15) is 5.75 Å². The first-order chi connectivity index (χ1) is 14.1. The lowest BCUT2D eigenvalue weighted by Crippen LogP contribution is -2.50. The van der Waals surface area contributed by atoms with Crippen molar-refractivity contribution in [3.8, 4) is 23.0 Å². The second kappa shape index (κ2) is 9.56. The van der Waals surface area contributed by atoms with E-state index in [9.17, 15) is 0 Å². The second-order valence-corrected chi connectivity index (χ2v) is 6.88. The molecule has 2 aromatic carbocycles. The summed E-state index contributed by atoms with van der Waals surface area (Å²) in [5, 5.41) is 3.95. The Morgan fingerprint density at radius 1 is 0.828 bits per heavy atom. The molecule has 2 aromatic rings. The van der Waals surface area contributed by atoms with Crippen LogP contribution in [0.1, 0.15) is 0 Å². The van der Waals surface area contributed by atoms with E-state index in [1.165, 1.54) is 0 Å². The minimum atomic E-state index is 0.553. The van der Waals surface area contributed by atoms with E-state index in [0.717, 1.165) is 43.3 Å². The Kier molecular flexibility index (Phi) is 6.87. The molecule has 1 fully saturated rings. The predicted molar refractivity (Wildman–Crippen MR) is 119 cm³/mol. The third-order valence-corrected chi connectivity index (χ3v) is 5.27. The highest BCUT2D eigenvalue weighted by atomic mass is 32.1. The van der Waals surface area contributed by atoms with Crippen molar-refractivity contribution in [3.05, 3.63) is 36.4 Å². The zero-order chi connectivity index (χ0) is 20.8. The van der Waals surface area contributed by atoms with Gasteiger partial charge in [0.05, 0.1) is 34.1 Å². The SMILES string of the molecule is COc1ccccc1N1CCN(C(=S)Nc2cc(OC)c(OC)c(OC)c2)CC1. The molecule has 0 aliphatic carbocycles. The molecule has 0 radical (unpaired) electrons. The Labute approximate surface area is 177 Å². The van der Waals surface area contributed by atoms with Gasteiger partial charge in [-0.15, -0.1) is 0 Å². The molecule has 1 aliphatic heterocycles. The van der Waals surface area contributed by atoms with Gasteiger partial charge in [0, 0.05) is 44.0 Å². The summed E-state index contributed by atoms with van der Waals surface area (Å²) in [4.78, 5) is 4.47. The number of para-hydroxylation sites is 2. The summed E-state index contributed by atoms with van der Waals surface area (Å²) in [7, 11) is 6.47. The number of ether oxygens (including phenoxy) is 4. The normalized spacial score (nSPS) is 13.7. The van der Waals surface area contributed by atoms with Crippen LogP contribution in [0.5, 0.6) is 23.0 Å². The molecule has 0 amide bonds. The largest absolute Gasteiger partial charge is 0.495 e. The summed E-state index contributed by atoms with van der Waals surface area (Å²) in [5.74, 6) is 2.60. The van der Waals surface area contributed by atoms with E-state index in [1.54, 1.807) is 28.4 Å². The van der Waals surface area contributed by atoms with Crippen molar-refractivity contribution in [2.45, 2.75) is 0 Å². The highest BCUT2D eigenvalue weighted by Gasteiger charge is 2.22. The fourth-order valence-corrected chi connectivity index (χ4v) is 3.70. The number of methoxy groups -OCH3 is 4. The van der Waals surface area contributed by atoms with Crippen molar-refractivity contribution in [1.82, 2.24) is 4.90 Å². The maximum atomic E-state index is 5.64. The van der Waals surface area contributed by atoms with Gasteiger partial charge in [-0.2, -0.15) is 0 Å². The fraction of sp³-hybridized carbons (Fsp3) is 0.381. The highest BCUT2D eigenvalue weighted by molar-refractivity contribution is 7.80. The highest BCUT2D eigenvalue weighted by Crippen LogP contribution is 2.40. The summed E-state index contributed by atoms with van der Waals surface area (Å²) >= 11 is 5.64. The van der Waals surface area contributed by atoms with E-state index < -0.39 is 0 Å². The molecule has 1 N–H and O–H groups in total. The van der Waals surface area contributed by atoms with Crippen LogP contribution in [-0.4, -0.2) is 64.6 Å². The molecule has 1 aliphatic rings. The van der Waals surface area contributed by atoms with Crippen molar-refractivity contribution >= 4 is 28.7 Å². The van der Waals surface area contributed by atoms with Crippen LogP contribution in [0, 0.1) is 0 Å². The van der Waals surface area contributed by atoms with Crippen LogP contribution in [0.3, 0.4) is 0 Å². The predicted octanol–water partition coefficient (Wildman–Crippen LogP) is 3.24. The number of nitrogens with one attached hydrogen (secondary N) is 1. The van der Waals surface area contributed by atoms with Crippen molar-refractivity contribution in [2.24, 2.45) is 0 Å². The van der Waals surface area contributed by atoms with E-state index in [-0.39, 0.29) is 0 Å². The van der Waals surface area contributed by atoms with Gasteiger partial charge < -0.3 is 34.1 Å². The molecule has 0 atom stereocenters. The van der Waals surface area contributed by atoms with E-state index in [2.05, 4.69) is 21.2 Å². The average Bonchev–Trinajstić information content (AvgIpc) is 2.78. The van der Waals surface area contributed by atoms with Crippen LogP contribution >= 0.6 is 12.2 Å². The van der Waals surface area contributed by atoms with Crippen LogP contribution in [0.25, 0.3) is 0 Å². The van der Waals surface area contributed by atoms with Crippen molar-refractivity contribution < 1.29 is 18.9 Å². The molecule has 0 spiro atoms. The molecule has 1 heterocycles. The van der Waals surface area contributed by atoms with Crippen molar-refractivity contribution in [2.75, 3.05) is 64.8 Å². The van der Waals surface area contributed by atoms with Gasteiger partial charge in [-0.1, -0.05) is 12.1 Å². The third kappa shape index (κ3) is 4.59. The maximum absolute atomic E-state index is 5.64. The Morgan fingerprint density at radius 3 is 1.97 bits per heavy atom. The van der Waals surface area contributed by atoms with Crippen LogP contribution in [-0.2, 0) is 0 Å². The minimum Gasteiger partial charge on any atom is -0.495 e. The van der Waals surface area contributed by atoms with Crippen LogP contribution < -0.4 is 29.2 Å². The fourth-order valence-electron chi connectivity index (χ4n) is 3.40. The van der Waals surface area contributed by atoms with E-state index in [4.69, 9.17) is 31.2 Å². The Morgan fingerprint density at radius 2 is 1.41 bits per heavy atom. The first-order valence-electron chi connectivity index (χ1n) is 9.35. The van der Waals surface area contributed by atoms with Crippen molar-refractivity contribution in [3.63, 3.8) is 0 Å². The summed E-state index contributed by atoms with van der Waals surface area (Å²) in [5.41, 5.74) is 1.90. The molecule has 7 nitrogen and oxygen atoms in total. The van der Waals surface area contributed by atoms with E-state index in [0.29, 0.717) is 22.4 Å². The van der Waals surface area contributed by atoms with Gasteiger partial charge in [-0.05, 0) is 24.4 Å². The number of hydrogen-bond acceptors (Lipinski definition) is 6. The smallest absolute Gasteiger partial charge is 0.203 e. The number of hydrogen-bond donors (Lipinski definition) is 1. The number of piperazine rings is 1. The lowest BCUT2D eigenvalue weighted by atomic mass is 10.2. The number of thiocarbonyl (C=S) groups is 1. The molecule has 156 valence electrons. The number of nitrogens with zero attached hydrogens (tertiary/aromatic N) is 2. The molecule has 0 unspecified atom stereocenters. The molecule has 3 rings (SSSR count). The Hall–Kier alpha value is -2.87. The van der Waals surface area contributed by atoms with Gasteiger partial charge >= 0.3 is 0 Å². The van der Waals surface area contributed by atoms with Crippen LogP contribution in [0.2, 0.25) is 0 Å². The van der Waals surface area contributed by atoms with Gasteiger partial charge in [-0.25, -0.2) is 0 Å². The van der Waals surface area contributed by atoms with Gasteiger partial charge in [0.2, 0.25) is 5.75 Å². The van der Waals surface area contributed by atoms with Gasteiger partial charge in [-0.3, -0.25) is 0 Å². The lowest BCUT2D eigenvalue weighted by Gasteiger charge is -2.37. The molecular weight excluding hydrogens is 390 g/mol. The average molecular weight is 418 g/mol. The quantitative estimate of drug-likeness (QED) is 0.719. The minimum absolute atomic E-state index is 0.553. The zero-order valence-corrected chi connectivity index (χ0v) is 18.0. The first-order valence-corrected chi connectivity index (χ1v) is 9.76. The molecule has 29 heavy (non-hydrogen) atoms. The molecule has 8 heteroatoms. The maximum Gasteiger partial charge on any atom is 0.203 e. The monoisotopic (exact) mass is 417 g/mol. The Bertz CT molecular complexity index is 829. The number of anilines is 2. The molecule has 1 saturated heterocycles. The third-order valence-electron chi connectivity index (χ3n) is 4.91. The van der Waals surface area contributed by atoms with Crippen LogP contribution in [0.15, 0.2) is 36.4 Å². The topological polar surface area (TPSA) is 55.4 Å². The van der Waals surface area contributed by atoms with E-state index >= 15 is 0 Å². The number of benzene rings is 2. The molecular formula is C21H27N3O4S. The second-order valence-electron chi connectivity index (χ2n) is 6.49. The standard InChI is InChI=1S/C21H27N3O4S/c1-25-17-8-6-5-7-16(17)23-9-11-24(12-10-23)21(29)22-15-13-18(26-2)20(28-4)19(14-15)27-3/h5-8,13-14H,9-12H2,1-4H3,(H,22,29). The van der Waals surface area contributed by atoms with Crippen LogP contribution in [0.4, 0.5) is 11.4 Å². The van der Waals surface area contributed by atoms with Gasteiger partial charge in [0.15, 0.2) is 16.6 Å². The summed E-state index contributed by atoms with van der Waals surface area (Å²) in [6, 6.07) is 11.8. The number of rotatable bonds is 6. The van der Waals surface area contributed by atoms with E-state index in [1.807, 2.05) is 30.3 Å². The lowest BCUT2D eigenvalue weighted by molar-refractivity contribution is 0.324.